The van der Waals surface area contributed by atoms with Crippen LogP contribution >= 0.6 is 24.0 Å². The summed E-state index contributed by atoms with van der Waals surface area (Å²) >= 11 is 0. The zero-order chi connectivity index (χ0) is 21.5. The summed E-state index contributed by atoms with van der Waals surface area (Å²) in [7, 11) is 0. The van der Waals surface area contributed by atoms with Gasteiger partial charge in [-0.3, -0.25) is 0 Å². The highest BCUT2D eigenvalue weighted by Gasteiger charge is 2.29. The Kier molecular flexibility index (Phi) is 9.71. The maximum absolute atomic E-state index is 12.6. The molecule has 9 heteroatoms. The van der Waals surface area contributed by atoms with Gasteiger partial charge in [0.1, 0.15) is 17.1 Å². The fraction of sp³-hybridized carbons (Fsp3) is 0.381. The number of nitrogens with one attached hydrogen (secondary N) is 2. The number of rotatable bonds is 5. The van der Waals surface area contributed by atoms with Crippen molar-refractivity contribution in [2.75, 3.05) is 19.6 Å². The molecule has 0 aliphatic rings. The predicted molar refractivity (Wildman–Crippen MR) is 121 cm³/mol. The number of hydrogen-bond acceptors (Lipinski definition) is 3. The first kappa shape index (κ1) is 25.8. The summed E-state index contributed by atoms with van der Waals surface area (Å²) in [6.45, 7) is 6.22. The third-order valence-corrected chi connectivity index (χ3v) is 3.95. The standard InChI is InChI=1S/C21H24F3N3O2.HI/c1-4-25-19(27-14-20(3,28)18-12-7-15(2)29-18)26-13-5-6-16-8-10-17(11-9-16)21(22,23)24;/h7-12,28H,4,13-14H2,1-3H3,(H2,25,26,27);1H. The minimum atomic E-state index is -4.36. The first-order valence-electron chi connectivity index (χ1n) is 9.09. The van der Waals surface area contributed by atoms with Crippen molar-refractivity contribution in [1.29, 1.82) is 0 Å². The molecule has 1 heterocycles. The number of hydrogen-bond donors (Lipinski definition) is 3. The number of aliphatic hydroxyl groups is 1. The molecule has 1 aromatic carbocycles. The van der Waals surface area contributed by atoms with Crippen LogP contribution in [0.15, 0.2) is 45.8 Å². The van der Waals surface area contributed by atoms with E-state index >= 15 is 0 Å². The Morgan fingerprint density at radius 2 is 1.80 bits per heavy atom. The van der Waals surface area contributed by atoms with Gasteiger partial charge in [0.25, 0.3) is 0 Å². The zero-order valence-corrected chi connectivity index (χ0v) is 19.3. The highest BCUT2D eigenvalue weighted by atomic mass is 127. The predicted octanol–water partition coefficient (Wildman–Crippen LogP) is 4.04. The van der Waals surface area contributed by atoms with E-state index in [2.05, 4.69) is 27.5 Å². The lowest BCUT2D eigenvalue weighted by atomic mass is 10.0. The van der Waals surface area contributed by atoms with Crippen LogP contribution < -0.4 is 10.6 Å². The number of aliphatic imine (C=N–C) groups is 1. The quantitative estimate of drug-likeness (QED) is 0.234. The molecule has 164 valence electrons. The molecule has 3 N–H and O–H groups in total. The Hall–Kier alpha value is -2.19. The summed E-state index contributed by atoms with van der Waals surface area (Å²) in [5.41, 5.74) is -1.48. The van der Waals surface area contributed by atoms with Gasteiger partial charge in [-0.15, -0.1) is 24.0 Å². The molecule has 5 nitrogen and oxygen atoms in total. The van der Waals surface area contributed by atoms with E-state index < -0.39 is 17.3 Å². The summed E-state index contributed by atoms with van der Waals surface area (Å²) in [6.07, 6.45) is -4.36. The second kappa shape index (κ2) is 11.3. The van der Waals surface area contributed by atoms with Crippen molar-refractivity contribution in [3.05, 3.63) is 59.0 Å². The lowest BCUT2D eigenvalue weighted by Gasteiger charge is -2.19. The van der Waals surface area contributed by atoms with Crippen LogP contribution in [0.5, 0.6) is 0 Å². The number of furan rings is 1. The highest BCUT2D eigenvalue weighted by molar-refractivity contribution is 14.0. The molecule has 0 aliphatic carbocycles. The van der Waals surface area contributed by atoms with E-state index in [1.807, 2.05) is 6.92 Å². The van der Waals surface area contributed by atoms with Gasteiger partial charge in [-0.05, 0) is 57.2 Å². The molecule has 1 aromatic heterocycles. The van der Waals surface area contributed by atoms with Crippen LogP contribution in [0.4, 0.5) is 13.2 Å². The molecule has 2 aromatic rings. The number of nitrogens with zero attached hydrogens (tertiary/aromatic N) is 1. The summed E-state index contributed by atoms with van der Waals surface area (Å²) < 4.78 is 43.2. The molecule has 0 saturated carbocycles. The van der Waals surface area contributed by atoms with Crippen LogP contribution in [0.25, 0.3) is 0 Å². The fourth-order valence-electron chi connectivity index (χ4n) is 2.39. The van der Waals surface area contributed by atoms with E-state index in [4.69, 9.17) is 4.42 Å². The molecule has 0 radical (unpaired) electrons. The topological polar surface area (TPSA) is 69.8 Å². The minimum Gasteiger partial charge on any atom is -0.463 e. The maximum atomic E-state index is 12.6. The largest absolute Gasteiger partial charge is 0.463 e. The molecule has 2 rings (SSSR count). The third kappa shape index (κ3) is 7.91. The van der Waals surface area contributed by atoms with Gasteiger partial charge in [-0.2, -0.15) is 13.2 Å². The Labute approximate surface area is 191 Å². The van der Waals surface area contributed by atoms with Crippen molar-refractivity contribution >= 4 is 29.9 Å². The summed E-state index contributed by atoms with van der Waals surface area (Å²) in [5.74, 6) is 7.22. The maximum Gasteiger partial charge on any atom is 0.416 e. The van der Waals surface area contributed by atoms with Crippen molar-refractivity contribution in [1.82, 2.24) is 10.6 Å². The lowest BCUT2D eigenvalue weighted by molar-refractivity contribution is -0.137. The van der Waals surface area contributed by atoms with Crippen LogP contribution in [-0.4, -0.2) is 30.7 Å². The van der Waals surface area contributed by atoms with Crippen LogP contribution in [0.2, 0.25) is 0 Å². The molecule has 1 atom stereocenters. The molecule has 0 spiro atoms. The first-order valence-corrected chi connectivity index (χ1v) is 9.09. The lowest BCUT2D eigenvalue weighted by Crippen LogP contribution is -2.39. The van der Waals surface area contributed by atoms with Crippen LogP contribution in [0, 0.1) is 18.8 Å². The summed E-state index contributed by atoms with van der Waals surface area (Å²) in [6, 6.07) is 8.15. The van der Waals surface area contributed by atoms with Crippen LogP contribution in [0.1, 0.15) is 36.5 Å². The van der Waals surface area contributed by atoms with Gasteiger partial charge in [0, 0.05) is 12.1 Å². The SMILES string of the molecule is CCNC(=NCC(C)(O)c1ccc(C)o1)NCC#Cc1ccc(C(F)(F)F)cc1.I. The van der Waals surface area contributed by atoms with Crippen molar-refractivity contribution in [3.8, 4) is 11.8 Å². The third-order valence-electron chi connectivity index (χ3n) is 3.95. The average Bonchev–Trinajstić information content (AvgIpc) is 3.10. The molecular formula is C21H25F3IN3O2. The van der Waals surface area contributed by atoms with Crippen molar-refractivity contribution in [2.45, 2.75) is 32.5 Å². The zero-order valence-electron chi connectivity index (χ0n) is 16.9. The average molecular weight is 535 g/mol. The Bertz CT molecular complexity index is 895. The smallest absolute Gasteiger partial charge is 0.416 e. The van der Waals surface area contributed by atoms with E-state index in [9.17, 15) is 18.3 Å². The van der Waals surface area contributed by atoms with Gasteiger partial charge in [-0.25, -0.2) is 4.99 Å². The number of aryl methyl sites for hydroxylation is 1. The van der Waals surface area contributed by atoms with E-state index in [1.165, 1.54) is 12.1 Å². The number of alkyl halides is 3. The molecule has 0 saturated heterocycles. The molecule has 0 bridgehead atoms. The van der Waals surface area contributed by atoms with Crippen LogP contribution in [0.3, 0.4) is 0 Å². The van der Waals surface area contributed by atoms with Gasteiger partial charge in [0.15, 0.2) is 5.96 Å². The second-order valence-corrected chi connectivity index (χ2v) is 6.61. The van der Waals surface area contributed by atoms with Gasteiger partial charge in [0.2, 0.25) is 0 Å². The normalized spacial score (nSPS) is 13.5. The van der Waals surface area contributed by atoms with Gasteiger partial charge >= 0.3 is 6.18 Å². The monoisotopic (exact) mass is 535 g/mol. The van der Waals surface area contributed by atoms with E-state index in [0.717, 1.165) is 12.1 Å². The van der Waals surface area contributed by atoms with Gasteiger partial charge in [-0.1, -0.05) is 11.8 Å². The Morgan fingerprint density at radius 1 is 1.13 bits per heavy atom. The minimum absolute atomic E-state index is 0. The molecular weight excluding hydrogens is 510 g/mol. The fourth-order valence-corrected chi connectivity index (χ4v) is 2.39. The van der Waals surface area contributed by atoms with E-state index in [-0.39, 0.29) is 37.1 Å². The van der Waals surface area contributed by atoms with Gasteiger partial charge < -0.3 is 20.2 Å². The summed E-state index contributed by atoms with van der Waals surface area (Å²) in [4.78, 5) is 4.35. The van der Waals surface area contributed by atoms with Crippen molar-refractivity contribution in [2.24, 2.45) is 4.99 Å². The number of halogens is 4. The van der Waals surface area contributed by atoms with E-state index in [0.29, 0.717) is 29.6 Å². The van der Waals surface area contributed by atoms with Crippen LogP contribution in [-0.2, 0) is 11.8 Å². The Balaban J connectivity index is 0.00000450. The first-order chi connectivity index (χ1) is 13.6. The summed E-state index contributed by atoms with van der Waals surface area (Å²) in [5, 5.41) is 16.6. The molecule has 0 aliphatic heterocycles. The molecule has 30 heavy (non-hydrogen) atoms. The molecule has 1 unspecified atom stereocenters. The number of guanidine groups is 1. The Morgan fingerprint density at radius 3 is 2.33 bits per heavy atom. The molecule has 0 amide bonds. The van der Waals surface area contributed by atoms with E-state index in [1.54, 1.807) is 26.0 Å². The van der Waals surface area contributed by atoms with Crippen molar-refractivity contribution < 1.29 is 22.7 Å². The van der Waals surface area contributed by atoms with Crippen molar-refractivity contribution in [3.63, 3.8) is 0 Å². The number of benzene rings is 1. The van der Waals surface area contributed by atoms with Gasteiger partial charge in [0.05, 0.1) is 18.7 Å². The molecule has 0 fully saturated rings. The highest BCUT2D eigenvalue weighted by Crippen LogP contribution is 2.29. The second-order valence-electron chi connectivity index (χ2n) is 6.61.